The quantitative estimate of drug-likeness (QED) is 0.516. The van der Waals surface area contributed by atoms with Crippen LogP contribution >= 0.6 is 0 Å². The van der Waals surface area contributed by atoms with Gasteiger partial charge in [-0.2, -0.15) is 4.31 Å². The molecule has 11 nitrogen and oxygen atoms in total. The average Bonchev–Trinajstić information content (AvgIpc) is 3.26. The van der Waals surface area contributed by atoms with E-state index in [1.54, 1.807) is 24.3 Å². The largest absolute Gasteiger partial charge is 0.447 e. The van der Waals surface area contributed by atoms with Gasteiger partial charge in [-0.15, -0.1) is 0 Å². The summed E-state index contributed by atoms with van der Waals surface area (Å²) >= 11 is 0. The minimum atomic E-state index is -3.71. The number of ether oxygens (including phenoxy) is 3. The maximum absolute atomic E-state index is 12.7. The Morgan fingerprint density at radius 2 is 1.84 bits per heavy atom. The Morgan fingerprint density at radius 3 is 2.55 bits per heavy atom. The van der Waals surface area contributed by atoms with Crippen LogP contribution in [0.2, 0.25) is 0 Å². The van der Waals surface area contributed by atoms with E-state index in [9.17, 15) is 18.0 Å². The topological polar surface area (TPSA) is 139 Å². The number of H-pyrrole nitrogens is 1. The molecule has 1 aliphatic rings. The van der Waals surface area contributed by atoms with Crippen LogP contribution in [-0.2, 0) is 24.2 Å². The van der Waals surface area contributed by atoms with Gasteiger partial charge < -0.3 is 24.5 Å². The molecule has 0 spiro atoms. The molecule has 1 fully saturated rings. The third-order valence-corrected chi connectivity index (χ3v) is 6.27. The molecule has 2 aromatic rings. The number of amides is 2. The number of rotatable bonds is 8. The molecule has 0 saturated carbocycles. The highest BCUT2D eigenvalue weighted by Crippen LogP contribution is 2.20. The van der Waals surface area contributed by atoms with Crippen LogP contribution in [0, 0.1) is 0 Å². The predicted octanol–water partition coefficient (Wildman–Crippen LogP) is 1.48. The molecular weight excluding hydrogens is 428 g/mol. The van der Waals surface area contributed by atoms with Crippen LogP contribution in [0.25, 0.3) is 0 Å². The zero-order valence-corrected chi connectivity index (χ0v) is 17.7. The molecule has 0 unspecified atom stereocenters. The molecule has 2 amide bonds. The minimum Gasteiger partial charge on any atom is -0.447 e. The van der Waals surface area contributed by atoms with Gasteiger partial charge in [0.25, 0.3) is 5.91 Å². The number of carbonyl (C=O) groups is 2. The number of carbonyl (C=O) groups excluding carboxylic acids is 2. The third kappa shape index (κ3) is 6.04. The number of hydrogen-bond acceptors (Lipinski definition) is 7. The van der Waals surface area contributed by atoms with Gasteiger partial charge in [0.1, 0.15) is 17.2 Å². The maximum atomic E-state index is 12.7. The molecule has 0 radical (unpaired) electrons. The number of benzene rings is 1. The highest BCUT2D eigenvalue weighted by Gasteiger charge is 2.28. The van der Waals surface area contributed by atoms with Crippen LogP contribution < -0.4 is 10.6 Å². The molecule has 168 valence electrons. The molecule has 0 aliphatic carbocycles. The average molecular weight is 452 g/mol. The standard InChI is InChI=1S/C19H24N4O7S/c1-28-9-10-30-19(25)22-15-4-2-3-14(11-15)21-18(24)17-12-16(13-20-17)31(26,27)23-5-7-29-8-6-23/h2-4,11-13,20H,5-10H2,1H3,(H,21,24)(H,22,25). The van der Waals surface area contributed by atoms with Crippen LogP contribution in [0.3, 0.4) is 0 Å². The van der Waals surface area contributed by atoms with E-state index in [0.717, 1.165) is 0 Å². The van der Waals surface area contributed by atoms with Crippen molar-refractivity contribution in [2.75, 3.05) is 57.3 Å². The van der Waals surface area contributed by atoms with Crippen LogP contribution in [0.5, 0.6) is 0 Å². The summed E-state index contributed by atoms with van der Waals surface area (Å²) in [6, 6.07) is 7.74. The highest BCUT2D eigenvalue weighted by molar-refractivity contribution is 7.89. The molecule has 31 heavy (non-hydrogen) atoms. The molecule has 1 saturated heterocycles. The normalized spacial score (nSPS) is 14.7. The second-order valence-corrected chi connectivity index (χ2v) is 8.49. The molecule has 0 atom stereocenters. The van der Waals surface area contributed by atoms with Crippen molar-refractivity contribution in [2.45, 2.75) is 4.90 Å². The Hall–Kier alpha value is -2.93. The fourth-order valence-electron chi connectivity index (χ4n) is 2.84. The van der Waals surface area contributed by atoms with Crippen LogP contribution in [0.1, 0.15) is 10.5 Å². The molecule has 3 rings (SSSR count). The molecule has 12 heteroatoms. The van der Waals surface area contributed by atoms with Gasteiger partial charge in [0, 0.05) is 37.8 Å². The lowest BCUT2D eigenvalue weighted by atomic mass is 10.2. The fourth-order valence-corrected chi connectivity index (χ4v) is 4.24. The number of hydrogen-bond donors (Lipinski definition) is 3. The Bertz CT molecular complexity index is 1020. The summed E-state index contributed by atoms with van der Waals surface area (Å²) in [7, 11) is -2.21. The van der Waals surface area contributed by atoms with Gasteiger partial charge in [0.05, 0.1) is 19.8 Å². The van der Waals surface area contributed by atoms with Crippen molar-refractivity contribution >= 4 is 33.4 Å². The number of morpholine rings is 1. The van der Waals surface area contributed by atoms with Crippen molar-refractivity contribution in [1.82, 2.24) is 9.29 Å². The first-order valence-electron chi connectivity index (χ1n) is 9.50. The summed E-state index contributed by atoms with van der Waals surface area (Å²) in [6.07, 6.45) is 0.635. The van der Waals surface area contributed by atoms with E-state index < -0.39 is 22.0 Å². The second-order valence-electron chi connectivity index (χ2n) is 6.55. The SMILES string of the molecule is COCCOC(=O)Nc1cccc(NC(=O)c2cc(S(=O)(=O)N3CCOCC3)c[nH]2)c1. The molecule has 1 aliphatic heterocycles. The Labute approximate surface area is 179 Å². The van der Waals surface area contributed by atoms with Gasteiger partial charge in [-0.1, -0.05) is 6.07 Å². The van der Waals surface area contributed by atoms with E-state index >= 15 is 0 Å². The van der Waals surface area contributed by atoms with Gasteiger partial charge in [0.15, 0.2) is 0 Å². The second kappa shape index (κ2) is 10.4. The Kier molecular flexibility index (Phi) is 7.63. The zero-order chi connectivity index (χ0) is 22.3. The van der Waals surface area contributed by atoms with Crippen LogP contribution in [0.15, 0.2) is 41.4 Å². The van der Waals surface area contributed by atoms with E-state index in [4.69, 9.17) is 14.2 Å². The molecular formula is C19H24N4O7S. The summed E-state index contributed by atoms with van der Waals surface area (Å²) < 4.78 is 41.6. The number of aromatic nitrogens is 1. The Balaban J connectivity index is 1.62. The summed E-state index contributed by atoms with van der Waals surface area (Å²) in [5.74, 6) is -0.525. The van der Waals surface area contributed by atoms with Gasteiger partial charge >= 0.3 is 6.09 Å². The number of methoxy groups -OCH3 is 1. The lowest BCUT2D eigenvalue weighted by molar-refractivity contribution is 0.0730. The minimum absolute atomic E-state index is 0.00812. The smallest absolute Gasteiger partial charge is 0.411 e. The summed E-state index contributed by atoms with van der Waals surface area (Å²) in [4.78, 5) is 27.0. The number of nitrogens with zero attached hydrogens (tertiary/aromatic N) is 1. The summed E-state index contributed by atoms with van der Waals surface area (Å²) in [5.41, 5.74) is 0.915. The highest BCUT2D eigenvalue weighted by atomic mass is 32.2. The van der Waals surface area contributed by atoms with Crippen molar-refractivity contribution in [2.24, 2.45) is 0 Å². The zero-order valence-electron chi connectivity index (χ0n) is 16.9. The van der Waals surface area contributed by atoms with Crippen LogP contribution in [-0.4, -0.2) is 76.3 Å². The lowest BCUT2D eigenvalue weighted by Crippen LogP contribution is -2.40. The summed E-state index contributed by atoms with van der Waals surface area (Å²) in [6.45, 7) is 1.60. The Morgan fingerprint density at radius 1 is 1.13 bits per heavy atom. The first-order chi connectivity index (χ1) is 14.9. The lowest BCUT2D eigenvalue weighted by Gasteiger charge is -2.25. The molecule has 1 aromatic carbocycles. The number of nitrogens with one attached hydrogen (secondary N) is 3. The number of sulfonamides is 1. The maximum Gasteiger partial charge on any atom is 0.411 e. The monoisotopic (exact) mass is 452 g/mol. The molecule has 2 heterocycles. The van der Waals surface area contributed by atoms with Gasteiger partial charge in [-0.3, -0.25) is 10.1 Å². The van der Waals surface area contributed by atoms with Crippen molar-refractivity contribution in [1.29, 1.82) is 0 Å². The van der Waals surface area contributed by atoms with Gasteiger partial charge in [-0.25, -0.2) is 13.2 Å². The van der Waals surface area contributed by atoms with E-state index in [0.29, 0.717) is 24.6 Å². The van der Waals surface area contributed by atoms with E-state index in [1.165, 1.54) is 23.7 Å². The van der Waals surface area contributed by atoms with Crippen molar-refractivity contribution in [3.05, 3.63) is 42.2 Å². The third-order valence-electron chi connectivity index (χ3n) is 4.40. The summed E-state index contributed by atoms with van der Waals surface area (Å²) in [5, 5.41) is 5.20. The van der Waals surface area contributed by atoms with E-state index in [2.05, 4.69) is 15.6 Å². The fraction of sp³-hybridized carbons (Fsp3) is 0.368. The van der Waals surface area contributed by atoms with Gasteiger partial charge in [-0.05, 0) is 24.3 Å². The molecule has 0 bridgehead atoms. The van der Waals surface area contributed by atoms with Crippen LogP contribution in [0.4, 0.5) is 16.2 Å². The predicted molar refractivity (Wildman–Crippen MR) is 112 cm³/mol. The molecule has 1 aromatic heterocycles. The van der Waals surface area contributed by atoms with Crippen molar-refractivity contribution in [3.8, 4) is 0 Å². The van der Waals surface area contributed by atoms with Gasteiger partial charge in [0.2, 0.25) is 10.0 Å². The van der Waals surface area contributed by atoms with E-state index in [1.807, 2.05) is 0 Å². The number of aromatic amines is 1. The first kappa shape index (κ1) is 22.7. The van der Waals surface area contributed by atoms with Crippen molar-refractivity contribution < 1.29 is 32.2 Å². The van der Waals surface area contributed by atoms with E-state index in [-0.39, 0.29) is 36.9 Å². The van der Waals surface area contributed by atoms with Crippen molar-refractivity contribution in [3.63, 3.8) is 0 Å². The molecule has 3 N–H and O–H groups in total. The number of anilines is 2. The first-order valence-corrected chi connectivity index (χ1v) is 10.9.